The normalized spacial score (nSPS) is 16.5. The third kappa shape index (κ3) is 3.96. The smallest absolute Gasteiger partial charge is 0.308 e. The van der Waals surface area contributed by atoms with Crippen molar-refractivity contribution in [3.8, 4) is 5.75 Å². The highest BCUT2D eigenvalue weighted by molar-refractivity contribution is 5.69. The van der Waals surface area contributed by atoms with Gasteiger partial charge in [-0.1, -0.05) is 42.5 Å². The van der Waals surface area contributed by atoms with Gasteiger partial charge in [0.15, 0.2) is 0 Å². The topological polar surface area (TPSA) is 32.8 Å². The fourth-order valence-electron chi connectivity index (χ4n) is 2.81. The lowest BCUT2D eigenvalue weighted by molar-refractivity contribution is -0.131. The third-order valence-corrected chi connectivity index (χ3v) is 4.17. The van der Waals surface area contributed by atoms with Gasteiger partial charge in [0.2, 0.25) is 0 Å². The van der Waals surface area contributed by atoms with Crippen molar-refractivity contribution in [2.24, 2.45) is 0 Å². The summed E-state index contributed by atoms with van der Waals surface area (Å²) in [7, 11) is 0. The second kappa shape index (κ2) is 7.21. The Labute approximate surface area is 143 Å². The van der Waals surface area contributed by atoms with Crippen molar-refractivity contribution in [2.75, 3.05) is 0 Å². The first-order valence-corrected chi connectivity index (χ1v) is 8.13. The van der Waals surface area contributed by atoms with Crippen molar-refractivity contribution < 1.29 is 9.53 Å². The van der Waals surface area contributed by atoms with E-state index >= 15 is 0 Å². The highest BCUT2D eigenvalue weighted by Gasteiger charge is 2.21. The van der Waals surface area contributed by atoms with E-state index in [1.807, 2.05) is 30.3 Å². The quantitative estimate of drug-likeness (QED) is 0.620. The predicted octanol–water partition coefficient (Wildman–Crippen LogP) is 3.75. The number of carbonyl (C=O) groups excluding carboxylic acids is 1. The maximum Gasteiger partial charge on any atom is 0.308 e. The minimum Gasteiger partial charge on any atom is -0.427 e. The van der Waals surface area contributed by atoms with Crippen LogP contribution in [-0.4, -0.2) is 21.9 Å². The molecule has 2 aromatic carbocycles. The third-order valence-electron chi connectivity index (χ3n) is 4.17. The summed E-state index contributed by atoms with van der Waals surface area (Å²) in [4.78, 5) is 15.6. The molecule has 0 amide bonds. The molecule has 0 saturated carbocycles. The zero-order valence-corrected chi connectivity index (χ0v) is 14.1. The van der Waals surface area contributed by atoms with Crippen LogP contribution in [0.1, 0.15) is 25.0 Å². The molecular weight excluding hydrogens is 300 g/mol. The van der Waals surface area contributed by atoms with Crippen LogP contribution in [0.2, 0.25) is 0 Å². The van der Waals surface area contributed by atoms with E-state index in [2.05, 4.69) is 53.4 Å². The van der Waals surface area contributed by atoms with Gasteiger partial charge in [0.05, 0.1) is 6.17 Å². The average molecular weight is 322 g/mol. The standard InChI is InChI=1S/C20H22N2O2/c1-16-21(14-18-6-4-3-5-7-18)12-13-22(16)15-19-8-10-20(11-9-19)24-17(2)23/h3-13,16H,14-15H2,1-2H3. The van der Waals surface area contributed by atoms with E-state index in [0.717, 1.165) is 13.1 Å². The zero-order valence-electron chi connectivity index (χ0n) is 14.1. The number of hydrogen-bond donors (Lipinski definition) is 0. The maximum atomic E-state index is 11.0. The number of nitrogens with zero attached hydrogens (tertiary/aromatic N) is 2. The maximum absolute atomic E-state index is 11.0. The summed E-state index contributed by atoms with van der Waals surface area (Å²) >= 11 is 0. The molecule has 0 aliphatic carbocycles. The Morgan fingerprint density at radius 2 is 1.46 bits per heavy atom. The first kappa shape index (κ1) is 16.1. The SMILES string of the molecule is CC(=O)Oc1ccc(CN2C=CN(Cc3ccccc3)C2C)cc1. The van der Waals surface area contributed by atoms with Gasteiger partial charge in [0, 0.05) is 32.4 Å². The monoisotopic (exact) mass is 322 g/mol. The molecule has 0 bridgehead atoms. The molecule has 4 heteroatoms. The molecule has 1 atom stereocenters. The van der Waals surface area contributed by atoms with E-state index in [-0.39, 0.29) is 5.97 Å². The number of rotatable bonds is 5. The van der Waals surface area contributed by atoms with E-state index in [0.29, 0.717) is 11.9 Å². The molecule has 1 unspecified atom stereocenters. The van der Waals surface area contributed by atoms with Crippen molar-refractivity contribution in [1.82, 2.24) is 9.80 Å². The fraction of sp³-hybridized carbons (Fsp3) is 0.250. The van der Waals surface area contributed by atoms with Gasteiger partial charge in [-0.2, -0.15) is 0 Å². The van der Waals surface area contributed by atoms with E-state index in [4.69, 9.17) is 4.74 Å². The molecule has 124 valence electrons. The Bertz CT molecular complexity index is 710. The van der Waals surface area contributed by atoms with E-state index in [1.54, 1.807) is 0 Å². The molecule has 4 nitrogen and oxygen atoms in total. The number of ether oxygens (including phenoxy) is 1. The van der Waals surface area contributed by atoms with Gasteiger partial charge in [-0.25, -0.2) is 0 Å². The molecule has 1 aliphatic heterocycles. The summed E-state index contributed by atoms with van der Waals surface area (Å²) < 4.78 is 5.07. The molecular formula is C20H22N2O2. The predicted molar refractivity (Wildman–Crippen MR) is 93.9 cm³/mol. The summed E-state index contributed by atoms with van der Waals surface area (Å²) in [5.41, 5.74) is 2.49. The van der Waals surface area contributed by atoms with Crippen molar-refractivity contribution in [1.29, 1.82) is 0 Å². The molecule has 0 spiro atoms. The highest BCUT2D eigenvalue weighted by atomic mass is 16.5. The first-order valence-electron chi connectivity index (χ1n) is 8.13. The van der Waals surface area contributed by atoms with E-state index < -0.39 is 0 Å². The number of benzene rings is 2. The van der Waals surface area contributed by atoms with Crippen molar-refractivity contribution >= 4 is 5.97 Å². The summed E-state index contributed by atoms with van der Waals surface area (Å²) in [6.45, 7) is 5.34. The Kier molecular flexibility index (Phi) is 4.85. The van der Waals surface area contributed by atoms with Gasteiger partial charge in [-0.15, -0.1) is 0 Å². The van der Waals surface area contributed by atoms with Crippen LogP contribution >= 0.6 is 0 Å². The van der Waals surface area contributed by atoms with Gasteiger partial charge in [0.25, 0.3) is 0 Å². The van der Waals surface area contributed by atoms with Crippen LogP contribution in [0.5, 0.6) is 5.75 Å². The van der Waals surface area contributed by atoms with Crippen LogP contribution in [-0.2, 0) is 17.9 Å². The molecule has 0 N–H and O–H groups in total. The van der Waals surface area contributed by atoms with Crippen molar-refractivity contribution in [3.05, 3.63) is 78.1 Å². The lowest BCUT2D eigenvalue weighted by atomic mass is 10.2. The Balaban J connectivity index is 1.58. The molecule has 0 aromatic heterocycles. The Morgan fingerprint density at radius 1 is 0.917 bits per heavy atom. The second-order valence-electron chi connectivity index (χ2n) is 6.00. The van der Waals surface area contributed by atoms with Crippen LogP contribution in [0.3, 0.4) is 0 Å². The molecule has 0 radical (unpaired) electrons. The lowest BCUT2D eigenvalue weighted by Crippen LogP contribution is -2.35. The molecule has 2 aromatic rings. The van der Waals surface area contributed by atoms with E-state index in [1.165, 1.54) is 18.1 Å². The average Bonchev–Trinajstić information content (AvgIpc) is 2.90. The largest absolute Gasteiger partial charge is 0.427 e. The summed E-state index contributed by atoms with van der Waals surface area (Å²) in [6.07, 6.45) is 4.58. The summed E-state index contributed by atoms with van der Waals surface area (Å²) in [5, 5.41) is 0. The van der Waals surface area contributed by atoms with E-state index in [9.17, 15) is 4.79 Å². The van der Waals surface area contributed by atoms with Gasteiger partial charge >= 0.3 is 5.97 Å². The number of hydrogen-bond acceptors (Lipinski definition) is 4. The zero-order chi connectivity index (χ0) is 16.9. The Hall–Kier alpha value is -2.75. The molecule has 3 rings (SSSR count). The van der Waals surface area contributed by atoms with Gasteiger partial charge in [-0.3, -0.25) is 4.79 Å². The van der Waals surface area contributed by atoms with Crippen LogP contribution in [0, 0.1) is 0 Å². The summed E-state index contributed by atoms with van der Waals surface area (Å²) in [5.74, 6) is 0.289. The first-order chi connectivity index (χ1) is 11.6. The summed E-state index contributed by atoms with van der Waals surface area (Å²) in [6, 6.07) is 18.2. The van der Waals surface area contributed by atoms with Gasteiger partial charge < -0.3 is 14.5 Å². The van der Waals surface area contributed by atoms with Crippen LogP contribution in [0.25, 0.3) is 0 Å². The van der Waals surface area contributed by atoms with Crippen LogP contribution in [0.15, 0.2) is 67.0 Å². The van der Waals surface area contributed by atoms with Crippen LogP contribution in [0.4, 0.5) is 0 Å². The van der Waals surface area contributed by atoms with Gasteiger partial charge in [0.1, 0.15) is 5.75 Å². The molecule has 1 heterocycles. The van der Waals surface area contributed by atoms with Gasteiger partial charge in [-0.05, 0) is 30.2 Å². The van der Waals surface area contributed by atoms with Crippen molar-refractivity contribution in [2.45, 2.75) is 33.1 Å². The molecule has 0 fully saturated rings. The minimum atomic E-state index is -0.296. The number of carbonyl (C=O) groups is 1. The second-order valence-corrected chi connectivity index (χ2v) is 6.00. The lowest BCUT2D eigenvalue weighted by Gasteiger charge is -2.30. The number of esters is 1. The van der Waals surface area contributed by atoms with Crippen LogP contribution < -0.4 is 4.74 Å². The Morgan fingerprint density at radius 3 is 2.00 bits per heavy atom. The molecule has 24 heavy (non-hydrogen) atoms. The molecule has 1 aliphatic rings. The fourth-order valence-corrected chi connectivity index (χ4v) is 2.81. The van der Waals surface area contributed by atoms with Crippen molar-refractivity contribution in [3.63, 3.8) is 0 Å². The minimum absolute atomic E-state index is 0.296. The molecule has 0 saturated heterocycles. The highest BCUT2D eigenvalue weighted by Crippen LogP contribution is 2.22.